The fraction of sp³-hybridized carbons (Fsp3) is 0.462. The zero-order valence-corrected chi connectivity index (χ0v) is 12.5. The van der Waals surface area contributed by atoms with E-state index >= 15 is 0 Å². The van der Waals surface area contributed by atoms with Crippen molar-refractivity contribution in [2.24, 2.45) is 0 Å². The number of nitrogens with zero attached hydrogens (tertiary/aromatic N) is 2. The molecule has 0 aliphatic rings. The van der Waals surface area contributed by atoms with Crippen molar-refractivity contribution in [1.29, 1.82) is 0 Å². The third-order valence-electron chi connectivity index (χ3n) is 2.29. The third-order valence-corrected chi connectivity index (χ3v) is 3.16. The first kappa shape index (κ1) is 13.7. The fourth-order valence-electron chi connectivity index (χ4n) is 1.66. The highest BCUT2D eigenvalue weighted by atomic mass is 32.1. The molecule has 1 N–H and O–H groups in total. The van der Waals surface area contributed by atoms with Gasteiger partial charge in [-0.05, 0) is 46.2 Å². The number of rotatable bonds is 1. The zero-order valence-electron chi connectivity index (χ0n) is 11.7. The van der Waals surface area contributed by atoms with Crippen molar-refractivity contribution in [3.63, 3.8) is 0 Å². The van der Waals surface area contributed by atoms with Crippen LogP contribution < -0.4 is 5.32 Å². The predicted molar refractivity (Wildman–Crippen MR) is 76.7 cm³/mol. The molecule has 5 nitrogen and oxygen atoms in total. The maximum absolute atomic E-state index is 11.7. The molecule has 2 heterocycles. The Kier molecular flexibility index (Phi) is 3.45. The van der Waals surface area contributed by atoms with Gasteiger partial charge in [0.05, 0.1) is 0 Å². The maximum atomic E-state index is 11.7. The molecule has 0 aliphatic heterocycles. The van der Waals surface area contributed by atoms with E-state index in [9.17, 15) is 4.79 Å². The molecule has 2 aromatic rings. The van der Waals surface area contributed by atoms with E-state index in [0.29, 0.717) is 5.13 Å². The van der Waals surface area contributed by atoms with Crippen LogP contribution in [0.15, 0.2) is 6.07 Å². The second-order valence-corrected chi connectivity index (χ2v) is 6.36. The van der Waals surface area contributed by atoms with Gasteiger partial charge in [-0.25, -0.2) is 14.8 Å². The molecular formula is C13H17N3O2S. The second kappa shape index (κ2) is 4.77. The molecule has 0 atom stereocenters. The lowest BCUT2D eigenvalue weighted by atomic mass is 10.2. The summed E-state index contributed by atoms with van der Waals surface area (Å²) < 4.78 is 5.19. The van der Waals surface area contributed by atoms with Gasteiger partial charge in [0.2, 0.25) is 0 Å². The maximum Gasteiger partial charge on any atom is 0.413 e. The molecule has 2 aromatic heterocycles. The van der Waals surface area contributed by atoms with Crippen LogP contribution in [0.2, 0.25) is 0 Å². The Bertz CT molecular complexity index is 629. The van der Waals surface area contributed by atoms with Crippen LogP contribution in [-0.2, 0) is 4.74 Å². The summed E-state index contributed by atoms with van der Waals surface area (Å²) in [5.74, 6) is 0. The standard InChI is InChI=1S/C13H17N3O2S/c1-7-6-8(2)14-10-9(7)15-11(19-10)16-12(17)18-13(3,4)5/h6H,1-5H3,(H,15,16,17). The van der Waals surface area contributed by atoms with E-state index in [-0.39, 0.29) is 0 Å². The highest BCUT2D eigenvalue weighted by Crippen LogP contribution is 2.27. The van der Waals surface area contributed by atoms with E-state index in [1.54, 1.807) is 0 Å². The molecule has 0 saturated carbocycles. The Labute approximate surface area is 116 Å². The van der Waals surface area contributed by atoms with Gasteiger partial charge in [-0.1, -0.05) is 11.3 Å². The molecular weight excluding hydrogens is 262 g/mol. The van der Waals surface area contributed by atoms with Crippen molar-refractivity contribution in [2.75, 3.05) is 5.32 Å². The molecule has 0 spiro atoms. The molecule has 0 radical (unpaired) electrons. The van der Waals surface area contributed by atoms with Gasteiger partial charge in [0, 0.05) is 5.69 Å². The Morgan fingerprint density at radius 3 is 2.63 bits per heavy atom. The number of amides is 1. The largest absolute Gasteiger partial charge is 0.444 e. The van der Waals surface area contributed by atoms with Crippen LogP contribution in [0, 0.1) is 13.8 Å². The van der Waals surface area contributed by atoms with Crippen LogP contribution in [-0.4, -0.2) is 21.7 Å². The smallest absolute Gasteiger partial charge is 0.413 e. The van der Waals surface area contributed by atoms with Gasteiger partial charge in [0.25, 0.3) is 0 Å². The van der Waals surface area contributed by atoms with Gasteiger partial charge >= 0.3 is 6.09 Å². The Balaban J connectivity index is 2.23. The average Bonchev–Trinajstić information content (AvgIpc) is 2.56. The summed E-state index contributed by atoms with van der Waals surface area (Å²) in [7, 11) is 0. The van der Waals surface area contributed by atoms with Gasteiger partial charge in [0.15, 0.2) is 5.13 Å². The molecule has 6 heteroatoms. The fourth-order valence-corrected chi connectivity index (χ4v) is 2.61. The van der Waals surface area contributed by atoms with Crippen LogP contribution >= 0.6 is 11.3 Å². The molecule has 0 aromatic carbocycles. The summed E-state index contributed by atoms with van der Waals surface area (Å²) in [6.45, 7) is 9.38. The van der Waals surface area contributed by atoms with Gasteiger partial charge in [0.1, 0.15) is 15.9 Å². The van der Waals surface area contributed by atoms with E-state index in [1.807, 2.05) is 40.7 Å². The second-order valence-electron chi connectivity index (χ2n) is 5.38. The number of carbonyl (C=O) groups is 1. The quantitative estimate of drug-likeness (QED) is 0.865. The number of hydrogen-bond donors (Lipinski definition) is 1. The van der Waals surface area contributed by atoms with Crippen molar-refractivity contribution in [3.05, 3.63) is 17.3 Å². The number of carbonyl (C=O) groups excluding carboxylic acids is 1. The van der Waals surface area contributed by atoms with E-state index in [4.69, 9.17) is 4.74 Å². The van der Waals surface area contributed by atoms with Crippen LogP contribution in [0.4, 0.5) is 9.93 Å². The minimum Gasteiger partial charge on any atom is -0.444 e. The summed E-state index contributed by atoms with van der Waals surface area (Å²) in [6.07, 6.45) is -0.499. The number of anilines is 1. The first-order valence-electron chi connectivity index (χ1n) is 5.99. The lowest BCUT2D eigenvalue weighted by Crippen LogP contribution is -2.27. The highest BCUT2D eigenvalue weighted by Gasteiger charge is 2.18. The summed E-state index contributed by atoms with van der Waals surface area (Å²) in [5.41, 5.74) is 2.29. The number of aryl methyl sites for hydroxylation is 2. The van der Waals surface area contributed by atoms with Crippen LogP contribution in [0.3, 0.4) is 0 Å². The molecule has 0 saturated heterocycles. The van der Waals surface area contributed by atoms with Gasteiger partial charge in [-0.15, -0.1) is 0 Å². The van der Waals surface area contributed by atoms with Gasteiger partial charge < -0.3 is 4.74 Å². The van der Waals surface area contributed by atoms with E-state index in [2.05, 4.69) is 15.3 Å². The normalized spacial score (nSPS) is 11.6. The molecule has 0 unspecified atom stereocenters. The average molecular weight is 279 g/mol. The van der Waals surface area contributed by atoms with Crippen LogP contribution in [0.1, 0.15) is 32.0 Å². The number of fused-ring (bicyclic) bond motifs is 1. The summed E-state index contributed by atoms with van der Waals surface area (Å²) in [4.78, 5) is 21.3. The van der Waals surface area contributed by atoms with Crippen molar-refractivity contribution in [2.45, 2.75) is 40.2 Å². The number of hydrogen-bond acceptors (Lipinski definition) is 5. The van der Waals surface area contributed by atoms with Gasteiger partial charge in [-0.2, -0.15) is 0 Å². The number of nitrogens with one attached hydrogen (secondary N) is 1. The third kappa shape index (κ3) is 3.41. The topological polar surface area (TPSA) is 64.1 Å². The van der Waals surface area contributed by atoms with Crippen LogP contribution in [0.5, 0.6) is 0 Å². The number of aromatic nitrogens is 2. The number of ether oxygens (including phenoxy) is 1. The molecule has 102 valence electrons. The minimum atomic E-state index is -0.522. The predicted octanol–water partition coefficient (Wildman–Crippen LogP) is 3.66. The number of thiazole rings is 1. The van der Waals surface area contributed by atoms with Crippen LogP contribution in [0.25, 0.3) is 10.3 Å². The van der Waals surface area contributed by atoms with Crippen molar-refractivity contribution >= 4 is 32.9 Å². The summed E-state index contributed by atoms with van der Waals surface area (Å²) >= 11 is 1.35. The monoisotopic (exact) mass is 279 g/mol. The highest BCUT2D eigenvalue weighted by molar-refractivity contribution is 7.22. The summed E-state index contributed by atoms with van der Waals surface area (Å²) in [5, 5.41) is 3.15. The van der Waals surface area contributed by atoms with Crippen molar-refractivity contribution < 1.29 is 9.53 Å². The Morgan fingerprint density at radius 1 is 1.32 bits per heavy atom. The minimum absolute atomic E-state index is 0.499. The molecule has 19 heavy (non-hydrogen) atoms. The lowest BCUT2D eigenvalue weighted by Gasteiger charge is -2.18. The Hall–Kier alpha value is -1.69. The molecule has 0 aliphatic carbocycles. The van der Waals surface area contributed by atoms with Crippen molar-refractivity contribution in [1.82, 2.24) is 9.97 Å². The lowest BCUT2D eigenvalue weighted by molar-refractivity contribution is 0.0636. The first-order chi connectivity index (χ1) is 8.74. The van der Waals surface area contributed by atoms with E-state index in [0.717, 1.165) is 21.6 Å². The van der Waals surface area contributed by atoms with E-state index < -0.39 is 11.7 Å². The summed E-state index contributed by atoms with van der Waals surface area (Å²) in [6, 6.07) is 1.97. The van der Waals surface area contributed by atoms with Gasteiger partial charge in [-0.3, -0.25) is 5.32 Å². The zero-order chi connectivity index (χ0) is 14.2. The SMILES string of the molecule is Cc1cc(C)c2nc(NC(=O)OC(C)(C)C)sc2n1. The molecule has 2 rings (SSSR count). The molecule has 0 bridgehead atoms. The first-order valence-corrected chi connectivity index (χ1v) is 6.81. The van der Waals surface area contributed by atoms with E-state index in [1.165, 1.54) is 11.3 Å². The Morgan fingerprint density at radius 2 is 2.00 bits per heavy atom. The number of pyridine rings is 1. The molecule has 0 fully saturated rings. The molecule has 1 amide bonds. The van der Waals surface area contributed by atoms with Crippen molar-refractivity contribution in [3.8, 4) is 0 Å².